The van der Waals surface area contributed by atoms with Crippen molar-refractivity contribution in [2.45, 2.75) is 39.8 Å². The van der Waals surface area contributed by atoms with Crippen molar-refractivity contribution < 1.29 is 9.53 Å². The zero-order chi connectivity index (χ0) is 23.4. The Balaban J connectivity index is 2.17. The third-order valence-electron chi connectivity index (χ3n) is 4.93. The van der Waals surface area contributed by atoms with E-state index in [1.54, 1.807) is 6.92 Å². The number of hydrogen-bond acceptors (Lipinski definition) is 7. The number of hydrogen-bond donors (Lipinski definition) is 2. The number of ether oxygens (including phenoxy) is 1. The van der Waals surface area contributed by atoms with Crippen molar-refractivity contribution in [1.29, 1.82) is 0 Å². The number of thiazole rings is 1. The summed E-state index contributed by atoms with van der Waals surface area (Å²) in [5, 5.41) is 0.831. The van der Waals surface area contributed by atoms with E-state index >= 15 is 0 Å². The molecule has 0 aliphatic carbocycles. The number of anilines is 2. The molecule has 3 rings (SSSR count). The molecule has 2 aromatic heterocycles. The minimum atomic E-state index is -0.725. The Morgan fingerprint density at radius 3 is 2.56 bits per heavy atom. The van der Waals surface area contributed by atoms with Crippen molar-refractivity contribution >= 4 is 28.7 Å². The number of amides is 1. The fourth-order valence-corrected chi connectivity index (χ4v) is 4.26. The van der Waals surface area contributed by atoms with Gasteiger partial charge in [-0.3, -0.25) is 24.0 Å². The van der Waals surface area contributed by atoms with Gasteiger partial charge >= 0.3 is 5.69 Å². The van der Waals surface area contributed by atoms with Crippen LogP contribution >= 0.6 is 11.3 Å². The number of rotatable bonds is 8. The van der Waals surface area contributed by atoms with Crippen LogP contribution in [0.1, 0.15) is 45.7 Å². The molecule has 0 fully saturated rings. The molecule has 3 aromatic rings. The number of carbonyl (C=O) groups excluding carboxylic acids is 1. The van der Waals surface area contributed by atoms with Gasteiger partial charge in [0.15, 0.2) is 5.69 Å². The largest absolute Gasteiger partial charge is 0.383 e. The van der Waals surface area contributed by atoms with E-state index in [9.17, 15) is 14.4 Å². The predicted molar refractivity (Wildman–Crippen MR) is 126 cm³/mol. The van der Waals surface area contributed by atoms with E-state index in [1.165, 1.54) is 27.9 Å². The molecule has 0 unspecified atom stereocenters. The third-order valence-corrected chi connectivity index (χ3v) is 6.38. The number of nitrogens with two attached hydrogens (primary N) is 1. The Morgan fingerprint density at radius 2 is 1.97 bits per heavy atom. The van der Waals surface area contributed by atoms with Gasteiger partial charge in [-0.15, -0.1) is 11.3 Å². The molecule has 2 heterocycles. The highest BCUT2D eigenvalue weighted by atomic mass is 32.1. The molecular weight excluding hydrogens is 430 g/mol. The number of aromatic nitrogens is 3. The van der Waals surface area contributed by atoms with Crippen LogP contribution in [0.2, 0.25) is 0 Å². The van der Waals surface area contributed by atoms with Crippen LogP contribution in [0.5, 0.6) is 0 Å². The number of aryl methyl sites for hydroxylation is 1. The molecule has 0 aliphatic heterocycles. The first-order valence-electron chi connectivity index (χ1n) is 10.2. The Morgan fingerprint density at radius 1 is 1.28 bits per heavy atom. The number of methoxy groups -OCH3 is 1. The molecule has 0 spiro atoms. The van der Waals surface area contributed by atoms with Crippen LogP contribution in [0.15, 0.2) is 39.9 Å². The van der Waals surface area contributed by atoms with Crippen LogP contribution in [0, 0.1) is 6.92 Å². The monoisotopic (exact) mass is 457 g/mol. The Hall–Kier alpha value is -3.24. The number of benzene rings is 1. The Bertz CT molecular complexity index is 1210. The van der Waals surface area contributed by atoms with Crippen LogP contribution in [0.4, 0.5) is 11.5 Å². The molecule has 170 valence electrons. The summed E-state index contributed by atoms with van der Waals surface area (Å²) in [4.78, 5) is 47.4. The molecule has 1 amide bonds. The first-order valence-corrected chi connectivity index (χ1v) is 11.0. The van der Waals surface area contributed by atoms with E-state index in [1.807, 2.05) is 44.2 Å². The highest BCUT2D eigenvalue weighted by Crippen LogP contribution is 2.29. The normalized spacial score (nSPS) is 11.2. The number of nitrogen functional groups attached to an aromatic ring is 1. The lowest BCUT2D eigenvalue weighted by molar-refractivity contribution is 0.0988. The molecule has 32 heavy (non-hydrogen) atoms. The Labute approximate surface area is 189 Å². The zero-order valence-electron chi connectivity index (χ0n) is 18.5. The summed E-state index contributed by atoms with van der Waals surface area (Å²) < 4.78 is 6.24. The van der Waals surface area contributed by atoms with E-state index in [4.69, 9.17) is 10.5 Å². The van der Waals surface area contributed by atoms with Gasteiger partial charge in [0.25, 0.3) is 11.5 Å². The second kappa shape index (κ2) is 9.92. The van der Waals surface area contributed by atoms with Gasteiger partial charge in [0.1, 0.15) is 10.7 Å². The van der Waals surface area contributed by atoms with Crippen LogP contribution in [-0.2, 0) is 17.8 Å². The molecule has 0 bridgehead atoms. The Kier molecular flexibility index (Phi) is 7.26. The lowest BCUT2D eigenvalue weighted by atomic mass is 10.2. The quantitative estimate of drug-likeness (QED) is 0.536. The summed E-state index contributed by atoms with van der Waals surface area (Å²) in [6.45, 7) is 6.22. The van der Waals surface area contributed by atoms with Gasteiger partial charge in [0.2, 0.25) is 0 Å². The topological polar surface area (TPSA) is 123 Å². The highest BCUT2D eigenvalue weighted by molar-refractivity contribution is 7.14. The summed E-state index contributed by atoms with van der Waals surface area (Å²) in [6.07, 6.45) is 0. The molecule has 0 radical (unpaired) electrons. The molecule has 0 saturated heterocycles. The predicted octanol–water partition coefficient (Wildman–Crippen LogP) is 2.50. The second-order valence-corrected chi connectivity index (χ2v) is 8.67. The van der Waals surface area contributed by atoms with Crippen molar-refractivity contribution in [3.8, 4) is 0 Å². The van der Waals surface area contributed by atoms with Crippen molar-refractivity contribution in [2.24, 2.45) is 0 Å². The van der Waals surface area contributed by atoms with Crippen molar-refractivity contribution in [3.63, 3.8) is 0 Å². The van der Waals surface area contributed by atoms with Crippen LogP contribution < -0.4 is 21.9 Å². The SMILES string of the molecule is COCCn1c(N)c(N(Cc2ccccc2)C(=O)c2sc(C(C)C)nc2C)c(=O)[nH]c1=O. The number of nitrogens with one attached hydrogen (secondary N) is 1. The molecule has 0 saturated carbocycles. The highest BCUT2D eigenvalue weighted by Gasteiger charge is 2.28. The minimum Gasteiger partial charge on any atom is -0.383 e. The van der Waals surface area contributed by atoms with Crippen molar-refractivity contribution in [2.75, 3.05) is 24.4 Å². The zero-order valence-corrected chi connectivity index (χ0v) is 19.4. The van der Waals surface area contributed by atoms with Gasteiger partial charge < -0.3 is 10.5 Å². The van der Waals surface area contributed by atoms with E-state index in [0.29, 0.717) is 10.6 Å². The van der Waals surface area contributed by atoms with Crippen molar-refractivity contribution in [1.82, 2.24) is 14.5 Å². The minimum absolute atomic E-state index is 0.0755. The van der Waals surface area contributed by atoms with Crippen LogP contribution in [0.25, 0.3) is 0 Å². The average Bonchev–Trinajstić information content (AvgIpc) is 3.15. The fourth-order valence-electron chi connectivity index (χ4n) is 3.25. The number of nitrogens with zero attached hydrogens (tertiary/aromatic N) is 3. The summed E-state index contributed by atoms with van der Waals surface area (Å²) in [5.41, 5.74) is 6.21. The van der Waals surface area contributed by atoms with Crippen molar-refractivity contribution in [3.05, 3.63) is 72.3 Å². The number of H-pyrrole nitrogens is 1. The van der Waals surface area contributed by atoms with Gasteiger partial charge in [0, 0.05) is 13.0 Å². The maximum absolute atomic E-state index is 13.7. The van der Waals surface area contributed by atoms with E-state index in [-0.39, 0.29) is 37.1 Å². The maximum atomic E-state index is 13.7. The second-order valence-electron chi connectivity index (χ2n) is 7.64. The fraction of sp³-hybridized carbons (Fsp3) is 0.364. The summed E-state index contributed by atoms with van der Waals surface area (Å²) in [5.74, 6) is -0.330. The van der Waals surface area contributed by atoms with E-state index in [0.717, 1.165) is 10.6 Å². The summed E-state index contributed by atoms with van der Waals surface area (Å²) in [6, 6.07) is 9.26. The van der Waals surface area contributed by atoms with E-state index in [2.05, 4.69) is 9.97 Å². The van der Waals surface area contributed by atoms with Gasteiger partial charge in [0.05, 0.1) is 30.4 Å². The maximum Gasteiger partial charge on any atom is 0.330 e. The molecule has 1 aromatic carbocycles. The lowest BCUT2D eigenvalue weighted by Crippen LogP contribution is -2.41. The molecule has 0 aliphatic rings. The summed E-state index contributed by atoms with van der Waals surface area (Å²) in [7, 11) is 1.50. The smallest absolute Gasteiger partial charge is 0.330 e. The van der Waals surface area contributed by atoms with Crippen LogP contribution in [-0.4, -0.2) is 34.2 Å². The standard InChI is InChI=1S/C22H27N5O4S/c1-13(2)20-24-14(3)17(32-20)21(29)27(12-15-8-6-5-7-9-15)16-18(23)26(10-11-31-4)22(30)25-19(16)28/h5-9,13H,10-12,23H2,1-4H3,(H,25,28,30). The van der Waals surface area contributed by atoms with Gasteiger partial charge in [-0.2, -0.15) is 0 Å². The van der Waals surface area contributed by atoms with Gasteiger partial charge in [-0.25, -0.2) is 9.78 Å². The molecular formula is C22H27N5O4S. The van der Waals surface area contributed by atoms with E-state index < -0.39 is 17.2 Å². The van der Waals surface area contributed by atoms with Gasteiger partial charge in [-0.05, 0) is 12.5 Å². The summed E-state index contributed by atoms with van der Waals surface area (Å²) >= 11 is 1.30. The lowest BCUT2D eigenvalue weighted by Gasteiger charge is -2.24. The third kappa shape index (κ3) is 4.81. The first kappa shape index (κ1) is 23.4. The molecule has 10 heteroatoms. The molecule has 0 atom stereocenters. The first-order chi connectivity index (χ1) is 15.2. The van der Waals surface area contributed by atoms with Crippen LogP contribution in [0.3, 0.4) is 0 Å². The molecule has 9 nitrogen and oxygen atoms in total. The number of carbonyl (C=O) groups is 1. The average molecular weight is 458 g/mol. The number of aromatic amines is 1. The van der Waals surface area contributed by atoms with Gasteiger partial charge in [-0.1, -0.05) is 44.2 Å². The molecule has 3 N–H and O–H groups in total.